The number of aromatic hydroxyl groups is 2. The van der Waals surface area contributed by atoms with E-state index in [4.69, 9.17) is 18.6 Å². The number of aliphatic hydroxyl groups excluding tert-OH is 4. The zero-order valence-electron chi connectivity index (χ0n) is 22.6. The van der Waals surface area contributed by atoms with Crippen LogP contribution < -0.4 is 10.2 Å². The van der Waals surface area contributed by atoms with Crippen molar-refractivity contribution in [3.8, 4) is 17.2 Å². The van der Waals surface area contributed by atoms with Crippen molar-refractivity contribution in [3.63, 3.8) is 0 Å². The summed E-state index contributed by atoms with van der Waals surface area (Å²) >= 11 is 0. The van der Waals surface area contributed by atoms with Crippen LogP contribution >= 0.6 is 0 Å². The normalized spacial score (nSPS) is 23.5. The van der Waals surface area contributed by atoms with Crippen molar-refractivity contribution >= 4 is 23.0 Å². The number of phenolic OH excluding ortho intramolecular Hbond substituents is 2. The van der Waals surface area contributed by atoms with Crippen LogP contribution in [0.3, 0.4) is 0 Å². The number of phenols is 2. The van der Waals surface area contributed by atoms with Gasteiger partial charge in [0.2, 0.25) is 0 Å². The molecule has 0 aliphatic carbocycles. The van der Waals surface area contributed by atoms with Gasteiger partial charge in [0.25, 0.3) is 0 Å². The molecule has 4 rings (SSSR count). The Hall–Kier alpha value is -3.94. The average molecular weight is 573 g/mol. The lowest BCUT2D eigenvalue weighted by Crippen LogP contribution is -2.56. The third-order valence-corrected chi connectivity index (χ3v) is 6.78. The van der Waals surface area contributed by atoms with Crippen LogP contribution in [-0.2, 0) is 20.7 Å². The molecule has 0 amide bonds. The number of carbonyl (C=O) groups excluding carboxylic acids is 1. The molecule has 1 fully saturated rings. The number of fused-ring (bicyclic) bond motifs is 1. The van der Waals surface area contributed by atoms with Gasteiger partial charge < -0.3 is 49.3 Å². The number of benzene rings is 2. The van der Waals surface area contributed by atoms with Crippen molar-refractivity contribution in [1.29, 1.82) is 0 Å². The van der Waals surface area contributed by atoms with E-state index in [2.05, 4.69) is 0 Å². The highest BCUT2D eigenvalue weighted by molar-refractivity contribution is 5.88. The van der Waals surface area contributed by atoms with Gasteiger partial charge >= 0.3 is 5.97 Å². The average Bonchev–Trinajstić information content (AvgIpc) is 2.91. The van der Waals surface area contributed by atoms with Gasteiger partial charge in [0, 0.05) is 18.6 Å². The molecule has 1 aromatic heterocycles. The maximum absolute atomic E-state index is 13.1. The van der Waals surface area contributed by atoms with E-state index in [1.54, 1.807) is 13.0 Å². The smallest absolute Gasteiger partial charge is 0.331 e. The van der Waals surface area contributed by atoms with Gasteiger partial charge in [-0.25, -0.2) is 4.79 Å². The molecule has 2 aromatic carbocycles. The first-order valence-corrected chi connectivity index (χ1v) is 12.8. The van der Waals surface area contributed by atoms with Crippen LogP contribution in [0.5, 0.6) is 17.2 Å². The van der Waals surface area contributed by atoms with Gasteiger partial charge in [0.15, 0.2) is 23.0 Å². The molecule has 41 heavy (non-hydrogen) atoms. The molecular formula is C29H32O12. The lowest BCUT2D eigenvalue weighted by atomic mass is 9.89. The minimum atomic E-state index is -1.74. The summed E-state index contributed by atoms with van der Waals surface area (Å²) in [7, 11) is 1.36. The van der Waals surface area contributed by atoms with Crippen molar-refractivity contribution in [1.82, 2.24) is 0 Å². The van der Waals surface area contributed by atoms with Crippen LogP contribution in [0, 0.1) is 6.92 Å². The van der Waals surface area contributed by atoms with E-state index < -0.39 is 60.4 Å². The summed E-state index contributed by atoms with van der Waals surface area (Å²) in [6, 6.07) is 6.69. The standard InChI is InChI=1S/C29H32O12/c1-13-8-20(38-3)24(27-23(13)19(34)11-16(39-27)9-14(2)31)28-29(26(37)25(36)21(12-30)40-28)41-22(35)7-5-15-4-6-17(32)18(33)10-15/h4-8,10-11,14,21,25-26,28-33,36-37H,9,12H2,1-3H3/t14-,21+,25+,26-,28-,29+/m0/s1. The van der Waals surface area contributed by atoms with E-state index in [1.807, 2.05) is 0 Å². The SMILES string of the molecule is COc1cc(C)c2c(=O)cc(C[C@H](C)O)oc2c1[C@@H]1O[C@H](CO)[C@@H](O)[C@H](O)[C@H]1OC(=O)C=Cc1ccc(O)c(O)c1. The third kappa shape index (κ3) is 6.21. The lowest BCUT2D eigenvalue weighted by Gasteiger charge is -2.42. The predicted octanol–water partition coefficient (Wildman–Crippen LogP) is 1.22. The number of rotatable bonds is 8. The molecule has 2 heterocycles. The summed E-state index contributed by atoms with van der Waals surface area (Å²) in [5.74, 6) is -1.38. The summed E-state index contributed by atoms with van der Waals surface area (Å²) in [5.41, 5.74) is 0.542. The predicted molar refractivity (Wildman–Crippen MR) is 145 cm³/mol. The second-order valence-electron chi connectivity index (χ2n) is 9.89. The summed E-state index contributed by atoms with van der Waals surface area (Å²) < 4.78 is 23.1. The first kappa shape index (κ1) is 30.0. The Morgan fingerprint density at radius 1 is 1.12 bits per heavy atom. The van der Waals surface area contributed by atoms with Gasteiger partial charge in [0.05, 0.1) is 30.8 Å². The molecule has 0 radical (unpaired) electrons. The highest BCUT2D eigenvalue weighted by Crippen LogP contribution is 2.43. The van der Waals surface area contributed by atoms with E-state index >= 15 is 0 Å². The topological polar surface area (TPSA) is 196 Å². The van der Waals surface area contributed by atoms with Crippen molar-refractivity contribution < 1.29 is 54.1 Å². The van der Waals surface area contributed by atoms with Crippen LogP contribution in [0.1, 0.15) is 35.5 Å². The quantitative estimate of drug-likeness (QED) is 0.128. The van der Waals surface area contributed by atoms with Crippen molar-refractivity contribution in [2.75, 3.05) is 13.7 Å². The van der Waals surface area contributed by atoms with Crippen LogP contribution in [0.15, 0.2) is 45.6 Å². The zero-order valence-corrected chi connectivity index (χ0v) is 22.6. The van der Waals surface area contributed by atoms with Gasteiger partial charge in [-0.1, -0.05) is 6.07 Å². The fourth-order valence-corrected chi connectivity index (χ4v) is 4.83. The monoisotopic (exact) mass is 572 g/mol. The van der Waals surface area contributed by atoms with E-state index in [0.717, 1.165) is 6.08 Å². The van der Waals surface area contributed by atoms with Gasteiger partial charge in [-0.3, -0.25) is 4.79 Å². The van der Waals surface area contributed by atoms with Crippen LogP contribution in [0.4, 0.5) is 0 Å². The first-order valence-electron chi connectivity index (χ1n) is 12.8. The van der Waals surface area contributed by atoms with Gasteiger partial charge in [-0.15, -0.1) is 0 Å². The van der Waals surface area contributed by atoms with Gasteiger partial charge in [0.1, 0.15) is 41.5 Å². The van der Waals surface area contributed by atoms with E-state index in [9.17, 15) is 40.2 Å². The van der Waals surface area contributed by atoms with Gasteiger partial charge in [-0.05, 0) is 49.2 Å². The third-order valence-electron chi connectivity index (χ3n) is 6.78. The molecule has 3 aromatic rings. The van der Waals surface area contributed by atoms with E-state index in [-0.39, 0.29) is 40.2 Å². The summed E-state index contributed by atoms with van der Waals surface area (Å²) in [5, 5.41) is 60.7. The minimum absolute atomic E-state index is 0.00596. The maximum Gasteiger partial charge on any atom is 0.331 e. The molecule has 220 valence electrons. The Morgan fingerprint density at radius 3 is 2.49 bits per heavy atom. The first-order chi connectivity index (χ1) is 19.4. The van der Waals surface area contributed by atoms with Crippen LogP contribution in [0.2, 0.25) is 0 Å². The molecule has 0 spiro atoms. The number of hydrogen-bond donors (Lipinski definition) is 6. The number of carbonyl (C=O) groups is 1. The molecule has 1 saturated heterocycles. The summed E-state index contributed by atoms with van der Waals surface area (Å²) in [6.07, 6.45) is -6.15. The fourth-order valence-electron chi connectivity index (χ4n) is 4.83. The number of aliphatic hydroxyl groups is 4. The van der Waals surface area contributed by atoms with Gasteiger partial charge in [-0.2, -0.15) is 0 Å². The van der Waals surface area contributed by atoms with Crippen LogP contribution in [0.25, 0.3) is 17.0 Å². The molecule has 12 nitrogen and oxygen atoms in total. The second-order valence-corrected chi connectivity index (χ2v) is 9.89. The van der Waals surface area contributed by atoms with Crippen molar-refractivity contribution in [3.05, 3.63) is 69.1 Å². The largest absolute Gasteiger partial charge is 0.504 e. The fraction of sp³-hybridized carbons (Fsp3) is 0.379. The number of aryl methyl sites for hydroxylation is 1. The molecule has 12 heteroatoms. The molecule has 6 atom stereocenters. The van der Waals surface area contributed by atoms with Crippen molar-refractivity contribution in [2.24, 2.45) is 0 Å². The molecule has 1 aliphatic rings. The molecule has 0 saturated carbocycles. The summed E-state index contributed by atoms with van der Waals surface area (Å²) in [6.45, 7) is 2.50. The maximum atomic E-state index is 13.1. The Morgan fingerprint density at radius 2 is 1.85 bits per heavy atom. The van der Waals surface area contributed by atoms with E-state index in [1.165, 1.54) is 44.4 Å². The molecule has 0 unspecified atom stereocenters. The number of esters is 1. The highest BCUT2D eigenvalue weighted by Gasteiger charge is 2.49. The highest BCUT2D eigenvalue weighted by atomic mass is 16.6. The molecule has 0 bridgehead atoms. The Labute approximate surface area is 234 Å². The molecule has 1 aliphatic heterocycles. The number of ether oxygens (including phenoxy) is 3. The minimum Gasteiger partial charge on any atom is -0.504 e. The molecule has 6 N–H and O–H groups in total. The number of hydrogen-bond acceptors (Lipinski definition) is 12. The van der Waals surface area contributed by atoms with Crippen LogP contribution in [-0.4, -0.2) is 80.8 Å². The van der Waals surface area contributed by atoms with Crippen molar-refractivity contribution in [2.45, 2.75) is 56.9 Å². The Kier molecular flexibility index (Phi) is 9.00. The summed E-state index contributed by atoms with van der Waals surface area (Å²) in [4.78, 5) is 26.0. The molecular weight excluding hydrogens is 540 g/mol. The van der Waals surface area contributed by atoms with E-state index in [0.29, 0.717) is 11.1 Å². The number of methoxy groups -OCH3 is 1. The zero-order chi connectivity index (χ0) is 30.0. The second kappa shape index (κ2) is 12.3. The lowest BCUT2D eigenvalue weighted by molar-refractivity contribution is -0.239. The Bertz CT molecular complexity index is 1510. The Balaban J connectivity index is 1.82.